The highest BCUT2D eigenvalue weighted by molar-refractivity contribution is 5.76. The number of hydrogen-bond acceptors (Lipinski definition) is 2. The number of amides is 1. The van der Waals surface area contributed by atoms with E-state index in [0.29, 0.717) is 13.1 Å². The van der Waals surface area contributed by atoms with Crippen LogP contribution in [0.4, 0.5) is 4.39 Å². The van der Waals surface area contributed by atoms with Gasteiger partial charge in [0.2, 0.25) is 0 Å². The second kappa shape index (κ2) is 5.50. The van der Waals surface area contributed by atoms with Crippen LogP contribution in [0.3, 0.4) is 0 Å². The lowest BCUT2D eigenvalue weighted by Crippen LogP contribution is -2.31. The quantitative estimate of drug-likeness (QED) is 0.499. The molecule has 0 aromatic heterocycles. The van der Waals surface area contributed by atoms with E-state index in [1.54, 1.807) is 7.05 Å². The first-order valence-electron chi connectivity index (χ1n) is 2.78. The summed E-state index contributed by atoms with van der Waals surface area (Å²) in [6.07, 6.45) is 0. The van der Waals surface area contributed by atoms with Gasteiger partial charge in [0.05, 0.1) is 0 Å². The fourth-order valence-electron chi connectivity index (χ4n) is 0.374. The normalized spacial score (nSPS) is 9.11. The number of likely N-dealkylation sites (N-methyl/N-ethyl adjacent to an activating group) is 1. The van der Waals surface area contributed by atoms with Crippen LogP contribution in [0.25, 0.3) is 0 Å². The molecule has 4 heteroatoms. The summed E-state index contributed by atoms with van der Waals surface area (Å²) in [5, 5.41) is 5.17. The van der Waals surface area contributed by atoms with E-state index < -0.39 is 12.6 Å². The molecule has 2 N–H and O–H groups in total. The standard InChI is InChI=1S/C5H11FN2O/c1-7-2-3-8-5(9)4-6/h7H,2-4H2,1H3,(H,8,9). The summed E-state index contributed by atoms with van der Waals surface area (Å²) < 4.78 is 11.4. The molecule has 0 aliphatic rings. The van der Waals surface area contributed by atoms with Gasteiger partial charge in [-0.3, -0.25) is 4.79 Å². The molecule has 0 saturated carbocycles. The molecule has 0 unspecified atom stereocenters. The summed E-state index contributed by atoms with van der Waals surface area (Å²) in [6.45, 7) is 0.231. The zero-order valence-corrected chi connectivity index (χ0v) is 5.41. The lowest BCUT2D eigenvalue weighted by Gasteiger charge is -1.99. The molecule has 0 radical (unpaired) electrons. The smallest absolute Gasteiger partial charge is 0.251 e. The molecular formula is C5H11FN2O. The van der Waals surface area contributed by atoms with Crippen LogP contribution < -0.4 is 10.6 Å². The van der Waals surface area contributed by atoms with Crippen molar-refractivity contribution in [3.8, 4) is 0 Å². The molecule has 0 aliphatic carbocycles. The Morgan fingerprint density at radius 1 is 1.56 bits per heavy atom. The van der Waals surface area contributed by atoms with Crippen molar-refractivity contribution in [3.05, 3.63) is 0 Å². The molecule has 0 aliphatic heterocycles. The summed E-state index contributed by atoms with van der Waals surface area (Å²) in [6, 6.07) is 0. The summed E-state index contributed by atoms with van der Waals surface area (Å²) in [4.78, 5) is 10.2. The van der Waals surface area contributed by atoms with E-state index in [1.807, 2.05) is 0 Å². The highest BCUT2D eigenvalue weighted by atomic mass is 19.1. The summed E-state index contributed by atoms with van der Waals surface area (Å²) >= 11 is 0. The van der Waals surface area contributed by atoms with E-state index in [1.165, 1.54) is 0 Å². The van der Waals surface area contributed by atoms with Gasteiger partial charge in [0.1, 0.15) is 0 Å². The van der Waals surface area contributed by atoms with Crippen molar-refractivity contribution in [1.82, 2.24) is 10.6 Å². The van der Waals surface area contributed by atoms with Crippen molar-refractivity contribution in [2.75, 3.05) is 26.8 Å². The molecule has 0 heterocycles. The maximum absolute atomic E-state index is 11.4. The minimum atomic E-state index is -0.927. The van der Waals surface area contributed by atoms with Crippen LogP contribution in [0.15, 0.2) is 0 Å². The number of carbonyl (C=O) groups is 1. The van der Waals surface area contributed by atoms with Gasteiger partial charge in [-0.2, -0.15) is 0 Å². The number of halogens is 1. The number of nitrogens with one attached hydrogen (secondary N) is 2. The van der Waals surface area contributed by atoms with Crippen molar-refractivity contribution < 1.29 is 9.18 Å². The van der Waals surface area contributed by atoms with Crippen LogP contribution in [-0.4, -0.2) is 32.7 Å². The number of carbonyl (C=O) groups excluding carboxylic acids is 1. The van der Waals surface area contributed by atoms with Gasteiger partial charge in [-0.05, 0) is 7.05 Å². The topological polar surface area (TPSA) is 41.1 Å². The van der Waals surface area contributed by atoms with E-state index in [9.17, 15) is 9.18 Å². The van der Waals surface area contributed by atoms with Gasteiger partial charge in [0, 0.05) is 13.1 Å². The third-order valence-electron chi connectivity index (χ3n) is 0.819. The Kier molecular flexibility index (Phi) is 5.11. The van der Waals surface area contributed by atoms with Gasteiger partial charge in [-0.25, -0.2) is 4.39 Å². The Labute approximate surface area is 53.6 Å². The molecule has 0 bridgehead atoms. The van der Waals surface area contributed by atoms with E-state index in [0.717, 1.165) is 0 Å². The highest BCUT2D eigenvalue weighted by Crippen LogP contribution is 1.66. The molecule has 0 aromatic rings. The molecule has 0 spiro atoms. The molecular weight excluding hydrogens is 123 g/mol. The average molecular weight is 134 g/mol. The highest BCUT2D eigenvalue weighted by Gasteiger charge is 1.94. The Hall–Kier alpha value is -0.640. The predicted octanol–water partition coefficient (Wildman–Crippen LogP) is -0.708. The van der Waals surface area contributed by atoms with Crippen LogP contribution in [0.1, 0.15) is 0 Å². The fourth-order valence-corrected chi connectivity index (χ4v) is 0.374. The van der Waals surface area contributed by atoms with Crippen molar-refractivity contribution in [3.63, 3.8) is 0 Å². The Balaban J connectivity index is 2.97. The zero-order valence-electron chi connectivity index (χ0n) is 5.41. The van der Waals surface area contributed by atoms with Gasteiger partial charge < -0.3 is 10.6 Å². The Morgan fingerprint density at radius 2 is 2.22 bits per heavy atom. The minimum absolute atomic E-state index is 0.485. The Bertz CT molecular complexity index is 87.0. The molecule has 0 saturated heterocycles. The monoisotopic (exact) mass is 134 g/mol. The lowest BCUT2D eigenvalue weighted by atomic mass is 10.6. The van der Waals surface area contributed by atoms with Crippen LogP contribution in [0.5, 0.6) is 0 Å². The van der Waals surface area contributed by atoms with Crippen LogP contribution in [0, 0.1) is 0 Å². The SMILES string of the molecule is CNCCNC(=O)CF. The van der Waals surface area contributed by atoms with Gasteiger partial charge in [-0.1, -0.05) is 0 Å². The van der Waals surface area contributed by atoms with E-state index in [2.05, 4.69) is 10.6 Å². The molecule has 54 valence electrons. The number of rotatable bonds is 4. The van der Waals surface area contributed by atoms with Crippen LogP contribution >= 0.6 is 0 Å². The average Bonchev–Trinajstić information content (AvgIpc) is 1.89. The molecule has 1 amide bonds. The van der Waals surface area contributed by atoms with Gasteiger partial charge in [0.15, 0.2) is 6.67 Å². The molecule has 0 aromatic carbocycles. The van der Waals surface area contributed by atoms with Crippen molar-refractivity contribution >= 4 is 5.91 Å². The largest absolute Gasteiger partial charge is 0.353 e. The number of alkyl halides is 1. The summed E-state index contributed by atoms with van der Waals surface area (Å²) in [5.41, 5.74) is 0. The summed E-state index contributed by atoms with van der Waals surface area (Å²) in [5.74, 6) is -0.551. The molecule has 3 nitrogen and oxygen atoms in total. The third-order valence-corrected chi connectivity index (χ3v) is 0.819. The van der Waals surface area contributed by atoms with Crippen molar-refractivity contribution in [2.24, 2.45) is 0 Å². The Morgan fingerprint density at radius 3 is 2.67 bits per heavy atom. The van der Waals surface area contributed by atoms with E-state index in [-0.39, 0.29) is 0 Å². The molecule has 0 fully saturated rings. The minimum Gasteiger partial charge on any atom is -0.353 e. The maximum Gasteiger partial charge on any atom is 0.251 e. The molecule has 0 atom stereocenters. The first-order chi connectivity index (χ1) is 4.31. The lowest BCUT2D eigenvalue weighted by molar-refractivity contribution is -0.121. The third kappa shape index (κ3) is 5.23. The molecule has 0 rings (SSSR count). The maximum atomic E-state index is 11.4. The molecule has 9 heavy (non-hydrogen) atoms. The van der Waals surface area contributed by atoms with Crippen molar-refractivity contribution in [1.29, 1.82) is 0 Å². The number of hydrogen-bond donors (Lipinski definition) is 2. The zero-order chi connectivity index (χ0) is 7.11. The summed E-state index contributed by atoms with van der Waals surface area (Å²) in [7, 11) is 1.77. The van der Waals surface area contributed by atoms with E-state index >= 15 is 0 Å². The predicted molar refractivity (Wildman–Crippen MR) is 32.9 cm³/mol. The van der Waals surface area contributed by atoms with Gasteiger partial charge in [-0.15, -0.1) is 0 Å². The van der Waals surface area contributed by atoms with Gasteiger partial charge >= 0.3 is 0 Å². The van der Waals surface area contributed by atoms with Crippen LogP contribution in [0.2, 0.25) is 0 Å². The first kappa shape index (κ1) is 8.36. The van der Waals surface area contributed by atoms with Crippen molar-refractivity contribution in [2.45, 2.75) is 0 Å². The van der Waals surface area contributed by atoms with E-state index in [4.69, 9.17) is 0 Å². The van der Waals surface area contributed by atoms with Gasteiger partial charge in [0.25, 0.3) is 5.91 Å². The van der Waals surface area contributed by atoms with Crippen LogP contribution in [-0.2, 0) is 4.79 Å². The second-order valence-electron chi connectivity index (χ2n) is 1.59. The fraction of sp³-hybridized carbons (Fsp3) is 0.800. The second-order valence-corrected chi connectivity index (χ2v) is 1.59. The first-order valence-corrected chi connectivity index (χ1v) is 2.78.